The molecule has 0 saturated carbocycles. The van der Waals surface area contributed by atoms with Crippen LogP contribution in [0.25, 0.3) is 28.6 Å². The van der Waals surface area contributed by atoms with E-state index in [1.807, 2.05) is 45.2 Å². The zero-order valence-electron chi connectivity index (χ0n) is 22.8. The molecule has 6 heteroatoms. The number of aromatic nitrogens is 1. The molecule has 0 aliphatic heterocycles. The lowest BCUT2D eigenvalue weighted by atomic mass is 10.00. The fourth-order valence-corrected chi connectivity index (χ4v) is 5.42. The van der Waals surface area contributed by atoms with Crippen molar-refractivity contribution in [3.8, 4) is 0 Å². The molecule has 0 spiro atoms. The third-order valence-corrected chi connectivity index (χ3v) is 7.85. The van der Waals surface area contributed by atoms with Gasteiger partial charge in [-0.1, -0.05) is 93.4 Å². The molecule has 1 heterocycles. The zero-order valence-corrected chi connectivity index (χ0v) is 24.4. The lowest BCUT2D eigenvalue weighted by Crippen LogP contribution is -1.98. The fourth-order valence-electron chi connectivity index (χ4n) is 3.68. The second kappa shape index (κ2) is 13.8. The first-order chi connectivity index (χ1) is 18.1. The number of rotatable bonds is 6. The number of allylic oxidation sites excluding steroid dienone is 1. The molecule has 0 fully saturated rings. The quantitative estimate of drug-likeness (QED) is 0.246. The second-order valence-corrected chi connectivity index (χ2v) is 11.5. The van der Waals surface area contributed by atoms with Gasteiger partial charge in [-0.3, -0.25) is 4.98 Å². The summed E-state index contributed by atoms with van der Waals surface area (Å²) in [5.41, 5.74) is 13.1. The Hall–Kier alpha value is -3.61. The number of nitrogens with zero attached hydrogens (tertiary/aromatic N) is 1. The monoisotopic (exact) mass is 544 g/mol. The van der Waals surface area contributed by atoms with Crippen LogP contribution in [0.1, 0.15) is 43.0 Å². The minimum Gasteiger partial charge on any atom is -0.397 e. The van der Waals surface area contributed by atoms with Gasteiger partial charge in [0.1, 0.15) is 0 Å². The highest BCUT2D eigenvalue weighted by Gasteiger charge is 2.13. The molecule has 1 aromatic heterocycles. The Kier molecular flexibility index (Phi) is 11.1. The minimum atomic E-state index is -3.07. The van der Waals surface area contributed by atoms with Crippen LogP contribution in [-0.4, -0.2) is 19.7 Å². The highest BCUT2D eigenvalue weighted by Crippen LogP contribution is 2.39. The van der Waals surface area contributed by atoms with E-state index in [2.05, 4.69) is 55.9 Å². The maximum Gasteiger partial charge on any atom is 0.175 e. The van der Waals surface area contributed by atoms with Gasteiger partial charge in [-0.25, -0.2) is 8.42 Å². The number of anilines is 1. The summed E-state index contributed by atoms with van der Waals surface area (Å²) in [6, 6.07) is 19.0. The maximum atomic E-state index is 11.1. The van der Waals surface area contributed by atoms with Crippen molar-refractivity contribution in [2.24, 2.45) is 0 Å². The Morgan fingerprint density at radius 1 is 0.947 bits per heavy atom. The number of nitrogens with two attached hydrogens (primary N) is 1. The van der Waals surface area contributed by atoms with Crippen molar-refractivity contribution in [2.45, 2.75) is 42.4 Å². The van der Waals surface area contributed by atoms with E-state index in [0.717, 1.165) is 54.2 Å². The summed E-state index contributed by atoms with van der Waals surface area (Å²) in [5, 5.41) is 1.12. The predicted octanol–water partition coefficient (Wildman–Crippen LogP) is 8.71. The molecule has 198 valence electrons. The Morgan fingerprint density at radius 2 is 1.55 bits per heavy atom. The third kappa shape index (κ3) is 7.46. The van der Waals surface area contributed by atoms with E-state index < -0.39 is 9.84 Å². The van der Waals surface area contributed by atoms with E-state index in [9.17, 15) is 8.42 Å². The summed E-state index contributed by atoms with van der Waals surface area (Å²) in [6.45, 7) is 19.5. The van der Waals surface area contributed by atoms with E-state index in [0.29, 0.717) is 4.90 Å². The van der Waals surface area contributed by atoms with Gasteiger partial charge in [-0.15, -0.1) is 0 Å². The molecule has 0 aliphatic carbocycles. The van der Waals surface area contributed by atoms with Crippen LogP contribution in [-0.2, 0) is 9.84 Å². The number of hydrogen-bond donors (Lipinski definition) is 1. The summed E-state index contributed by atoms with van der Waals surface area (Å²) >= 11 is 1.64. The molecule has 4 rings (SSSR count). The van der Waals surface area contributed by atoms with E-state index >= 15 is 0 Å². The normalized spacial score (nSPS) is 10.4. The van der Waals surface area contributed by atoms with Crippen LogP contribution in [0.2, 0.25) is 0 Å². The van der Waals surface area contributed by atoms with Gasteiger partial charge in [0.2, 0.25) is 0 Å². The van der Waals surface area contributed by atoms with Crippen LogP contribution in [0.4, 0.5) is 5.69 Å². The van der Waals surface area contributed by atoms with Gasteiger partial charge in [0.25, 0.3) is 0 Å². The SMILES string of the molecule is C=C(C)c1ccc(S(C)(=O)=O)cc1.C=Cc1c(C)cc(Sc2cccc3cccnc23)c(N)c1C=C.CC. The van der Waals surface area contributed by atoms with Gasteiger partial charge < -0.3 is 5.73 Å². The second-order valence-electron chi connectivity index (χ2n) is 8.35. The molecular formula is C32H36N2O2S2. The Balaban J connectivity index is 0.000000288. The molecule has 3 aromatic carbocycles. The first-order valence-corrected chi connectivity index (χ1v) is 14.9. The number of sulfone groups is 1. The Morgan fingerprint density at radius 3 is 2.11 bits per heavy atom. The van der Waals surface area contributed by atoms with Crippen LogP contribution in [0.3, 0.4) is 0 Å². The summed E-state index contributed by atoms with van der Waals surface area (Å²) < 4.78 is 22.2. The minimum absolute atomic E-state index is 0.345. The number of benzene rings is 3. The molecule has 0 radical (unpaired) electrons. The van der Waals surface area contributed by atoms with Crippen molar-refractivity contribution < 1.29 is 8.42 Å². The van der Waals surface area contributed by atoms with Gasteiger partial charge in [0.15, 0.2) is 9.84 Å². The molecule has 0 saturated heterocycles. The van der Waals surface area contributed by atoms with Crippen LogP contribution < -0.4 is 5.73 Å². The smallest absolute Gasteiger partial charge is 0.175 e. The molecule has 38 heavy (non-hydrogen) atoms. The highest BCUT2D eigenvalue weighted by atomic mass is 32.2. The van der Waals surface area contributed by atoms with Gasteiger partial charge in [-0.2, -0.15) is 0 Å². The number of aryl methyl sites for hydroxylation is 1. The number of fused-ring (bicyclic) bond motifs is 1. The third-order valence-electron chi connectivity index (χ3n) is 5.62. The first-order valence-electron chi connectivity index (χ1n) is 12.2. The average Bonchev–Trinajstić information content (AvgIpc) is 2.91. The first kappa shape index (κ1) is 30.6. The van der Waals surface area contributed by atoms with E-state index in [1.54, 1.807) is 42.1 Å². The van der Waals surface area contributed by atoms with Crippen LogP contribution in [0.5, 0.6) is 0 Å². The lowest BCUT2D eigenvalue weighted by Gasteiger charge is -2.15. The van der Waals surface area contributed by atoms with E-state index in [-0.39, 0.29) is 0 Å². The summed E-state index contributed by atoms with van der Waals surface area (Å²) in [5.74, 6) is 0. The lowest BCUT2D eigenvalue weighted by molar-refractivity contribution is 0.602. The molecule has 0 amide bonds. The number of pyridine rings is 1. The van der Waals surface area contributed by atoms with E-state index in [1.165, 1.54) is 6.26 Å². The molecule has 0 atom stereocenters. The highest BCUT2D eigenvalue weighted by molar-refractivity contribution is 7.99. The van der Waals surface area contributed by atoms with Gasteiger partial charge in [0.05, 0.1) is 16.1 Å². The predicted molar refractivity (Wildman–Crippen MR) is 167 cm³/mol. The molecule has 4 aromatic rings. The van der Waals surface area contributed by atoms with Gasteiger partial charge in [0, 0.05) is 33.2 Å². The molecule has 0 bridgehead atoms. The average molecular weight is 545 g/mol. The summed E-state index contributed by atoms with van der Waals surface area (Å²) in [6.07, 6.45) is 6.64. The molecule has 2 N–H and O–H groups in total. The van der Waals surface area contributed by atoms with Crippen molar-refractivity contribution in [1.82, 2.24) is 4.98 Å². The zero-order chi connectivity index (χ0) is 28.5. The standard InChI is InChI=1S/C20H18N2S.C10H12O2S.C2H6/c1-4-15-13(3)12-18(19(21)16(15)5-2)23-17-10-6-8-14-9-7-11-22-20(14)17;1-8(2)9-4-6-10(7-5-9)13(3,11)12;1-2/h4-12H,1-2,21H2,3H3;4-7H,1H2,2-3H3;1-2H3. The Bertz CT molecular complexity index is 1550. The molecule has 0 unspecified atom stereocenters. The van der Waals surface area contributed by atoms with Crippen molar-refractivity contribution in [3.05, 3.63) is 109 Å². The maximum absolute atomic E-state index is 11.1. The van der Waals surface area contributed by atoms with E-state index in [4.69, 9.17) is 5.73 Å². The number of hydrogen-bond acceptors (Lipinski definition) is 5. The fraction of sp³-hybridized carbons (Fsp3) is 0.156. The van der Waals surface area contributed by atoms with Gasteiger partial charge >= 0.3 is 0 Å². The summed E-state index contributed by atoms with van der Waals surface area (Å²) in [4.78, 5) is 6.96. The molecule has 4 nitrogen and oxygen atoms in total. The van der Waals surface area contributed by atoms with Crippen LogP contribution in [0, 0.1) is 6.92 Å². The number of nitrogen functional groups attached to an aromatic ring is 1. The Labute approximate surface area is 231 Å². The van der Waals surface area contributed by atoms with Crippen molar-refractivity contribution in [3.63, 3.8) is 0 Å². The molecule has 0 aliphatic rings. The van der Waals surface area contributed by atoms with Crippen LogP contribution >= 0.6 is 11.8 Å². The molecular weight excluding hydrogens is 508 g/mol. The topological polar surface area (TPSA) is 73.0 Å². The summed E-state index contributed by atoms with van der Waals surface area (Å²) in [7, 11) is -3.07. The van der Waals surface area contributed by atoms with Crippen molar-refractivity contribution >= 4 is 55.9 Å². The largest absolute Gasteiger partial charge is 0.397 e. The van der Waals surface area contributed by atoms with Crippen molar-refractivity contribution in [1.29, 1.82) is 0 Å². The van der Waals surface area contributed by atoms with Gasteiger partial charge in [-0.05, 0) is 60.9 Å². The van der Waals surface area contributed by atoms with Crippen LogP contribution in [0.15, 0.2) is 101 Å². The number of para-hydroxylation sites is 1. The van der Waals surface area contributed by atoms with Crippen molar-refractivity contribution in [2.75, 3.05) is 12.0 Å².